The fourth-order valence-corrected chi connectivity index (χ4v) is 4.38. The highest BCUT2D eigenvalue weighted by atomic mass is 35.5. The third-order valence-corrected chi connectivity index (χ3v) is 5.99. The van der Waals surface area contributed by atoms with Crippen LogP contribution in [0, 0.1) is 0 Å². The Morgan fingerprint density at radius 3 is 2.47 bits per heavy atom. The molecule has 4 nitrogen and oxygen atoms in total. The predicted molar refractivity (Wildman–Crippen MR) is 72.5 cm³/mol. The lowest BCUT2D eigenvalue weighted by Gasteiger charge is -2.22. The monoisotopic (exact) mass is 302 g/mol. The van der Waals surface area contributed by atoms with Crippen LogP contribution in [0.1, 0.15) is 30.1 Å². The zero-order valence-corrected chi connectivity index (χ0v) is 12.1. The van der Waals surface area contributed by atoms with Crippen LogP contribution in [-0.2, 0) is 14.6 Å². The summed E-state index contributed by atoms with van der Waals surface area (Å²) in [6.07, 6.45) is 0.959. The van der Waals surface area contributed by atoms with Gasteiger partial charge in [-0.15, -0.1) is 0 Å². The molecule has 0 spiro atoms. The molecule has 1 fully saturated rings. The molecule has 1 aliphatic rings. The molecule has 0 bridgehead atoms. The molecule has 1 saturated heterocycles. The van der Waals surface area contributed by atoms with E-state index < -0.39 is 15.1 Å². The maximum absolute atomic E-state index is 12.5. The summed E-state index contributed by atoms with van der Waals surface area (Å²) in [6.45, 7) is 2.32. The van der Waals surface area contributed by atoms with Crippen LogP contribution in [0.25, 0.3) is 0 Å². The van der Waals surface area contributed by atoms with E-state index in [4.69, 9.17) is 16.3 Å². The van der Waals surface area contributed by atoms with Crippen molar-refractivity contribution in [2.24, 2.45) is 0 Å². The van der Waals surface area contributed by atoms with E-state index >= 15 is 0 Å². The first-order chi connectivity index (χ1) is 8.93. The number of halogens is 1. The summed E-state index contributed by atoms with van der Waals surface area (Å²) in [4.78, 5) is 11.3. The van der Waals surface area contributed by atoms with Crippen molar-refractivity contribution in [1.29, 1.82) is 0 Å². The van der Waals surface area contributed by atoms with Crippen LogP contribution in [0.15, 0.2) is 23.1 Å². The lowest BCUT2D eigenvalue weighted by Crippen LogP contribution is -2.29. The van der Waals surface area contributed by atoms with Gasteiger partial charge in [0.25, 0.3) is 0 Å². The van der Waals surface area contributed by atoms with E-state index in [1.54, 1.807) is 0 Å². The van der Waals surface area contributed by atoms with Crippen LogP contribution in [0.4, 0.5) is 0 Å². The smallest absolute Gasteiger partial charge is 0.182 e. The lowest BCUT2D eigenvalue weighted by atomic mass is 10.1. The minimum Gasteiger partial charge on any atom is -0.381 e. The van der Waals surface area contributed by atoms with Gasteiger partial charge in [-0.1, -0.05) is 17.7 Å². The van der Waals surface area contributed by atoms with Crippen molar-refractivity contribution in [1.82, 2.24) is 0 Å². The maximum atomic E-state index is 12.5. The summed E-state index contributed by atoms with van der Waals surface area (Å²) in [6, 6.07) is 4.33. The quantitative estimate of drug-likeness (QED) is 0.805. The van der Waals surface area contributed by atoms with Crippen molar-refractivity contribution in [2.75, 3.05) is 13.2 Å². The van der Waals surface area contributed by atoms with Gasteiger partial charge in [-0.3, -0.25) is 4.79 Å². The Morgan fingerprint density at radius 2 is 1.95 bits per heavy atom. The first-order valence-corrected chi connectivity index (χ1v) is 7.97. The van der Waals surface area contributed by atoms with Gasteiger partial charge in [0.15, 0.2) is 15.6 Å². The first kappa shape index (κ1) is 14.5. The number of carbonyl (C=O) groups is 1. The Hall–Kier alpha value is -0.910. The van der Waals surface area contributed by atoms with Gasteiger partial charge in [0, 0.05) is 18.8 Å². The minimum atomic E-state index is -3.46. The Labute approximate surface area is 117 Å². The molecule has 1 heterocycles. The number of carbonyl (C=O) groups excluding carboxylic acids is 1. The third kappa shape index (κ3) is 2.99. The molecule has 0 saturated carbocycles. The van der Waals surface area contributed by atoms with Crippen LogP contribution in [-0.4, -0.2) is 32.7 Å². The zero-order chi connectivity index (χ0) is 14.0. The molecule has 0 atom stereocenters. The number of benzene rings is 1. The van der Waals surface area contributed by atoms with Gasteiger partial charge in [-0.2, -0.15) is 0 Å². The average Bonchev–Trinajstić information content (AvgIpc) is 2.39. The van der Waals surface area contributed by atoms with Gasteiger partial charge in [0.1, 0.15) is 0 Å². The maximum Gasteiger partial charge on any atom is 0.182 e. The minimum absolute atomic E-state index is 0.103. The van der Waals surface area contributed by atoms with Crippen molar-refractivity contribution in [3.63, 3.8) is 0 Å². The summed E-state index contributed by atoms with van der Waals surface area (Å²) < 4.78 is 30.1. The second kappa shape index (κ2) is 5.61. The topological polar surface area (TPSA) is 60.4 Å². The zero-order valence-electron chi connectivity index (χ0n) is 10.6. The molecule has 0 unspecified atom stereocenters. The van der Waals surface area contributed by atoms with Crippen LogP contribution in [0.5, 0.6) is 0 Å². The van der Waals surface area contributed by atoms with Crippen LogP contribution in [0.2, 0.25) is 5.02 Å². The number of rotatable bonds is 3. The van der Waals surface area contributed by atoms with E-state index in [9.17, 15) is 13.2 Å². The van der Waals surface area contributed by atoms with Gasteiger partial charge < -0.3 is 4.74 Å². The second-order valence-electron chi connectivity index (χ2n) is 4.56. The fraction of sp³-hybridized carbons (Fsp3) is 0.462. The van der Waals surface area contributed by atoms with Crippen molar-refractivity contribution >= 4 is 27.2 Å². The summed E-state index contributed by atoms with van der Waals surface area (Å²) in [5.74, 6) is -0.142. The summed E-state index contributed by atoms with van der Waals surface area (Å²) in [7, 11) is -3.46. The van der Waals surface area contributed by atoms with E-state index in [1.165, 1.54) is 25.1 Å². The largest absolute Gasteiger partial charge is 0.381 e. The molecule has 104 valence electrons. The molecule has 6 heteroatoms. The van der Waals surface area contributed by atoms with E-state index in [2.05, 4.69) is 0 Å². The van der Waals surface area contributed by atoms with Crippen molar-refractivity contribution in [3.05, 3.63) is 28.8 Å². The first-order valence-electron chi connectivity index (χ1n) is 6.05. The highest BCUT2D eigenvalue weighted by Gasteiger charge is 2.31. The molecule has 1 aliphatic heterocycles. The summed E-state index contributed by atoms with van der Waals surface area (Å²) in [5, 5.41) is -0.346. The van der Waals surface area contributed by atoms with Gasteiger partial charge in [0.2, 0.25) is 0 Å². The van der Waals surface area contributed by atoms with Gasteiger partial charge in [0.05, 0.1) is 15.2 Å². The van der Waals surface area contributed by atoms with Gasteiger partial charge in [-0.05, 0) is 31.9 Å². The molecular weight excluding hydrogens is 288 g/mol. The van der Waals surface area contributed by atoms with Crippen LogP contribution in [0.3, 0.4) is 0 Å². The van der Waals surface area contributed by atoms with E-state index in [0.717, 1.165) is 0 Å². The van der Waals surface area contributed by atoms with Crippen molar-refractivity contribution in [3.8, 4) is 0 Å². The average molecular weight is 303 g/mol. The number of hydrogen-bond donors (Lipinski definition) is 0. The Morgan fingerprint density at radius 1 is 1.32 bits per heavy atom. The van der Waals surface area contributed by atoms with Crippen LogP contribution >= 0.6 is 11.6 Å². The van der Waals surface area contributed by atoms with Crippen molar-refractivity contribution < 1.29 is 17.9 Å². The van der Waals surface area contributed by atoms with E-state index in [-0.39, 0.29) is 15.7 Å². The molecule has 19 heavy (non-hydrogen) atoms. The Bertz CT molecular complexity index is 589. The molecule has 0 N–H and O–H groups in total. The number of ketones is 1. The van der Waals surface area contributed by atoms with Crippen molar-refractivity contribution in [2.45, 2.75) is 29.9 Å². The summed E-state index contributed by atoms with van der Waals surface area (Å²) in [5.41, 5.74) is 0.413. The highest BCUT2D eigenvalue weighted by Crippen LogP contribution is 2.29. The van der Waals surface area contributed by atoms with Gasteiger partial charge >= 0.3 is 0 Å². The number of ether oxygens (including phenoxy) is 1. The molecule has 0 radical (unpaired) electrons. The Balaban J connectivity index is 2.37. The normalized spacial score (nSPS) is 17.4. The molecule has 0 aromatic heterocycles. The fourth-order valence-electron chi connectivity index (χ4n) is 2.12. The number of Topliss-reactive ketones (excluding diaryl/α,β-unsaturated/α-hetero) is 1. The lowest BCUT2D eigenvalue weighted by molar-refractivity contribution is 0.0983. The Kier molecular flexibility index (Phi) is 4.28. The number of hydrogen-bond acceptors (Lipinski definition) is 4. The highest BCUT2D eigenvalue weighted by molar-refractivity contribution is 7.92. The molecule has 1 aromatic rings. The molecule has 1 aromatic carbocycles. The molecular formula is C13H15ClO4S. The standard InChI is InChI=1S/C13H15ClO4S/c1-9(15)10-2-3-13(12(14)8-10)19(16,17)11-4-6-18-7-5-11/h2-3,8,11H,4-7H2,1H3. The van der Waals surface area contributed by atoms with Gasteiger partial charge in [-0.25, -0.2) is 8.42 Å². The molecule has 2 rings (SSSR count). The molecule has 0 aliphatic carbocycles. The third-order valence-electron chi connectivity index (χ3n) is 3.25. The summed E-state index contributed by atoms with van der Waals surface area (Å²) >= 11 is 6.01. The van der Waals surface area contributed by atoms with E-state index in [1.807, 2.05) is 0 Å². The predicted octanol–water partition coefficient (Wildman–Crippen LogP) is 2.50. The number of sulfone groups is 1. The second-order valence-corrected chi connectivity index (χ2v) is 7.16. The molecule has 0 amide bonds. The van der Waals surface area contributed by atoms with E-state index in [0.29, 0.717) is 31.6 Å². The SMILES string of the molecule is CC(=O)c1ccc(S(=O)(=O)C2CCOCC2)c(Cl)c1. The van der Waals surface area contributed by atoms with Crippen LogP contribution < -0.4 is 0 Å².